The summed E-state index contributed by atoms with van der Waals surface area (Å²) >= 11 is -0.837. The lowest BCUT2D eigenvalue weighted by atomic mass is 10.3. The van der Waals surface area contributed by atoms with Gasteiger partial charge in [-0.25, -0.2) is 8.57 Å². The Labute approximate surface area is 121 Å². The van der Waals surface area contributed by atoms with Crippen LogP contribution in [0.15, 0.2) is 28.0 Å². The molecule has 0 aliphatic carbocycles. The van der Waals surface area contributed by atoms with Gasteiger partial charge in [0.25, 0.3) is 10.1 Å². The molecule has 0 heterocycles. The molecule has 0 aromatic heterocycles. The highest BCUT2D eigenvalue weighted by Crippen LogP contribution is 2.40. The third-order valence-corrected chi connectivity index (χ3v) is 4.37. The minimum Gasteiger partial charge on any atom is -0.326 e. The first kappa shape index (κ1) is 18.4. The van der Waals surface area contributed by atoms with Gasteiger partial charge in [-0.1, -0.05) is 0 Å². The van der Waals surface area contributed by atoms with Crippen LogP contribution < -0.4 is 0 Å². The molecule has 21 heavy (non-hydrogen) atoms. The van der Waals surface area contributed by atoms with Crippen molar-refractivity contribution >= 4 is 30.1 Å². The van der Waals surface area contributed by atoms with Gasteiger partial charge in [0.2, 0.25) is 0 Å². The molecule has 0 saturated heterocycles. The van der Waals surface area contributed by atoms with Crippen LogP contribution in [0.1, 0.15) is 0 Å². The van der Waals surface area contributed by atoms with Gasteiger partial charge in [-0.2, -0.15) is 21.6 Å². The van der Waals surface area contributed by atoms with Crippen molar-refractivity contribution in [2.75, 3.05) is 6.79 Å². The van der Waals surface area contributed by atoms with E-state index in [-0.39, 0.29) is 0 Å². The van der Waals surface area contributed by atoms with Crippen molar-refractivity contribution in [3.05, 3.63) is 24.0 Å². The Morgan fingerprint density at radius 2 is 1.95 bits per heavy atom. The molecule has 13 heteroatoms. The summed E-state index contributed by atoms with van der Waals surface area (Å²) < 4.78 is 91.5. The molecule has 0 spiro atoms. The third-order valence-electron chi connectivity index (χ3n) is 1.79. The zero-order valence-corrected chi connectivity index (χ0v) is 12.4. The standard InChI is InChI=1S/C8H7F4O6PS2/c9-5-1-2-7(6(3-5)20-8(10,11)12)21(15,16)18-4-17-19(13)14/h1-3,19H,4H2,(H,13,14). The summed E-state index contributed by atoms with van der Waals surface area (Å²) in [5.74, 6) is -1.07. The van der Waals surface area contributed by atoms with Gasteiger partial charge in [0, 0.05) is 4.90 Å². The van der Waals surface area contributed by atoms with Gasteiger partial charge < -0.3 is 4.89 Å². The smallest absolute Gasteiger partial charge is 0.326 e. The maximum Gasteiger partial charge on any atom is 0.446 e. The van der Waals surface area contributed by atoms with Gasteiger partial charge in [0.15, 0.2) is 6.79 Å². The van der Waals surface area contributed by atoms with E-state index in [0.29, 0.717) is 18.2 Å². The van der Waals surface area contributed by atoms with E-state index in [4.69, 9.17) is 4.89 Å². The van der Waals surface area contributed by atoms with Gasteiger partial charge in [-0.05, 0) is 30.0 Å². The quantitative estimate of drug-likeness (QED) is 0.271. The van der Waals surface area contributed by atoms with Gasteiger partial charge in [-0.15, -0.1) is 0 Å². The summed E-state index contributed by atoms with van der Waals surface area (Å²) in [5.41, 5.74) is -4.84. The molecule has 0 bridgehead atoms. The van der Waals surface area contributed by atoms with Crippen molar-refractivity contribution in [1.82, 2.24) is 0 Å². The minimum atomic E-state index is -4.84. The van der Waals surface area contributed by atoms with Gasteiger partial charge in [0.05, 0.1) is 0 Å². The van der Waals surface area contributed by atoms with Crippen LogP contribution in [0, 0.1) is 5.82 Å². The molecule has 1 unspecified atom stereocenters. The lowest BCUT2D eigenvalue weighted by Gasteiger charge is -2.11. The van der Waals surface area contributed by atoms with Crippen molar-refractivity contribution in [3.8, 4) is 0 Å². The summed E-state index contributed by atoms with van der Waals surface area (Å²) in [6.45, 7) is -1.16. The van der Waals surface area contributed by atoms with Crippen LogP contribution in [0.3, 0.4) is 0 Å². The Hall–Kier alpha value is -0.650. The van der Waals surface area contributed by atoms with Crippen LogP contribution in [-0.2, 0) is 23.4 Å². The third kappa shape index (κ3) is 6.32. The molecule has 1 rings (SSSR count). The zero-order chi connectivity index (χ0) is 16.3. The predicted molar refractivity (Wildman–Crippen MR) is 63.8 cm³/mol. The van der Waals surface area contributed by atoms with E-state index in [1.807, 2.05) is 0 Å². The van der Waals surface area contributed by atoms with Crippen molar-refractivity contribution < 1.29 is 44.1 Å². The van der Waals surface area contributed by atoms with E-state index in [0.717, 1.165) is 0 Å². The molecule has 1 aromatic rings. The average Bonchev–Trinajstić information content (AvgIpc) is 2.25. The Kier molecular flexibility index (Phi) is 6.20. The van der Waals surface area contributed by atoms with E-state index < -0.39 is 58.0 Å². The van der Waals surface area contributed by atoms with Crippen LogP contribution in [0.4, 0.5) is 17.6 Å². The first-order valence-corrected chi connectivity index (χ1v) is 8.30. The molecular weight excluding hydrogens is 363 g/mol. The molecule has 1 N–H and O–H groups in total. The number of hydrogen-bond donors (Lipinski definition) is 1. The molecule has 0 aliphatic rings. The van der Waals surface area contributed by atoms with Crippen molar-refractivity contribution in [1.29, 1.82) is 0 Å². The molecule has 6 nitrogen and oxygen atoms in total. The minimum absolute atomic E-state index is 0.379. The lowest BCUT2D eigenvalue weighted by Crippen LogP contribution is -2.11. The second-order valence-electron chi connectivity index (χ2n) is 3.24. The highest BCUT2D eigenvalue weighted by atomic mass is 32.2. The Morgan fingerprint density at radius 3 is 2.48 bits per heavy atom. The van der Waals surface area contributed by atoms with E-state index in [2.05, 4.69) is 8.71 Å². The zero-order valence-electron chi connectivity index (χ0n) is 9.76. The summed E-state index contributed by atoms with van der Waals surface area (Å²) in [7, 11) is -8.19. The first-order chi connectivity index (χ1) is 9.51. The summed E-state index contributed by atoms with van der Waals surface area (Å²) in [6, 6.07) is 1.59. The molecule has 0 saturated carbocycles. The number of rotatable bonds is 6. The van der Waals surface area contributed by atoms with Crippen LogP contribution in [0.5, 0.6) is 0 Å². The molecule has 0 aliphatic heterocycles. The summed E-state index contributed by atoms with van der Waals surface area (Å²) in [6.07, 6.45) is 0. The Morgan fingerprint density at radius 1 is 1.33 bits per heavy atom. The Balaban J connectivity index is 3.08. The number of benzene rings is 1. The summed E-state index contributed by atoms with van der Waals surface area (Å²) in [4.78, 5) is 6.44. The number of alkyl halides is 3. The molecule has 1 aromatic carbocycles. The predicted octanol–water partition coefficient (Wildman–Crippen LogP) is 2.50. The highest BCUT2D eigenvalue weighted by Gasteiger charge is 2.33. The SMILES string of the molecule is O=[PH](O)OCOS(=O)(=O)c1ccc(F)cc1SC(F)(F)F. The summed E-state index contributed by atoms with van der Waals surface area (Å²) in [5, 5.41) is 0. The maximum absolute atomic E-state index is 13.0. The Bertz CT molecular complexity index is 632. The average molecular weight is 370 g/mol. The topological polar surface area (TPSA) is 89.9 Å². The van der Waals surface area contributed by atoms with Crippen molar-refractivity contribution in [3.63, 3.8) is 0 Å². The lowest BCUT2D eigenvalue weighted by molar-refractivity contribution is -0.0329. The fraction of sp³-hybridized carbons (Fsp3) is 0.250. The van der Waals surface area contributed by atoms with E-state index in [1.165, 1.54) is 0 Å². The van der Waals surface area contributed by atoms with Crippen LogP contribution >= 0.6 is 20.0 Å². The molecule has 0 radical (unpaired) electrons. The van der Waals surface area contributed by atoms with Crippen molar-refractivity contribution in [2.24, 2.45) is 0 Å². The number of thioether (sulfide) groups is 1. The molecule has 0 amide bonds. The molecule has 0 fully saturated rings. The normalized spacial score (nSPS) is 14.1. The first-order valence-electron chi connectivity index (χ1n) is 4.82. The second kappa shape index (κ2) is 7.07. The monoisotopic (exact) mass is 370 g/mol. The van der Waals surface area contributed by atoms with Crippen LogP contribution in [0.25, 0.3) is 0 Å². The molecular formula is C8H7F4O6PS2. The largest absolute Gasteiger partial charge is 0.446 e. The van der Waals surface area contributed by atoms with E-state index in [9.17, 15) is 30.5 Å². The van der Waals surface area contributed by atoms with Crippen LogP contribution in [-0.4, -0.2) is 25.6 Å². The number of halogens is 4. The van der Waals surface area contributed by atoms with Crippen LogP contribution in [0.2, 0.25) is 0 Å². The fourth-order valence-electron chi connectivity index (χ4n) is 1.09. The fourth-order valence-corrected chi connectivity index (χ4v) is 3.20. The van der Waals surface area contributed by atoms with Crippen molar-refractivity contribution in [2.45, 2.75) is 15.3 Å². The van der Waals surface area contributed by atoms with Gasteiger partial charge >= 0.3 is 13.8 Å². The number of hydrogen-bond acceptors (Lipinski definition) is 6. The maximum atomic E-state index is 13.0. The molecule has 1 atom stereocenters. The molecule has 120 valence electrons. The highest BCUT2D eigenvalue weighted by molar-refractivity contribution is 8.00. The second-order valence-corrected chi connectivity index (χ2v) is 6.75. The van der Waals surface area contributed by atoms with E-state index in [1.54, 1.807) is 0 Å². The van der Waals surface area contributed by atoms with E-state index >= 15 is 0 Å². The van der Waals surface area contributed by atoms with Gasteiger partial charge in [-0.3, -0.25) is 9.09 Å². The van der Waals surface area contributed by atoms with Gasteiger partial charge in [0.1, 0.15) is 10.7 Å².